The molecular formula is C6H3Br3O3S. The number of hydrogen-bond acceptors (Lipinski definition) is 2. The van der Waals surface area contributed by atoms with Gasteiger partial charge in [0.05, 0.1) is 0 Å². The fourth-order valence-electron chi connectivity index (χ4n) is 0.702. The van der Waals surface area contributed by atoms with Crippen LogP contribution in [0.1, 0.15) is 0 Å². The van der Waals surface area contributed by atoms with Gasteiger partial charge >= 0.3 is 0 Å². The fourth-order valence-corrected chi connectivity index (χ4v) is 3.38. The predicted molar refractivity (Wildman–Crippen MR) is 59.4 cm³/mol. The third-order valence-electron chi connectivity index (χ3n) is 1.25. The molecule has 72 valence electrons. The monoisotopic (exact) mass is 392 g/mol. The van der Waals surface area contributed by atoms with E-state index >= 15 is 0 Å². The summed E-state index contributed by atoms with van der Waals surface area (Å²) in [7, 11) is -4.17. The van der Waals surface area contributed by atoms with E-state index in [1.807, 2.05) is 0 Å². The minimum Gasteiger partial charge on any atom is -0.282 e. The van der Waals surface area contributed by atoms with Crippen molar-refractivity contribution < 1.29 is 13.0 Å². The summed E-state index contributed by atoms with van der Waals surface area (Å²) in [6.07, 6.45) is 0. The molecule has 0 saturated carbocycles. The predicted octanol–water partition coefficient (Wildman–Crippen LogP) is 3.22. The van der Waals surface area contributed by atoms with Crippen molar-refractivity contribution in [2.75, 3.05) is 0 Å². The van der Waals surface area contributed by atoms with Gasteiger partial charge in [0.15, 0.2) is 0 Å². The molecule has 0 aliphatic carbocycles. The highest BCUT2D eigenvalue weighted by molar-refractivity contribution is 9.13. The van der Waals surface area contributed by atoms with Crippen LogP contribution in [0.25, 0.3) is 0 Å². The maximum absolute atomic E-state index is 10.8. The standard InChI is InChI=1S/C6H3Br3O3S/c7-3-1-5(9)6(2-4(3)8)13(10,11)12/h1-2H,(H,10,11,12). The van der Waals surface area contributed by atoms with E-state index in [2.05, 4.69) is 47.8 Å². The van der Waals surface area contributed by atoms with Crippen molar-refractivity contribution in [3.8, 4) is 0 Å². The Hall–Kier alpha value is 0.570. The number of hydrogen-bond donors (Lipinski definition) is 1. The van der Waals surface area contributed by atoms with E-state index in [0.717, 1.165) is 0 Å². The average molecular weight is 395 g/mol. The molecule has 0 spiro atoms. The summed E-state index contributed by atoms with van der Waals surface area (Å²) < 4.78 is 32.0. The van der Waals surface area contributed by atoms with Crippen molar-refractivity contribution in [1.29, 1.82) is 0 Å². The van der Waals surface area contributed by atoms with Gasteiger partial charge in [-0.15, -0.1) is 0 Å². The molecule has 7 heteroatoms. The average Bonchev–Trinajstić information content (AvgIpc) is 1.94. The second-order valence-electron chi connectivity index (χ2n) is 2.17. The molecule has 0 fully saturated rings. The van der Waals surface area contributed by atoms with E-state index in [1.54, 1.807) is 0 Å². The van der Waals surface area contributed by atoms with Gasteiger partial charge in [-0.05, 0) is 59.9 Å². The Labute approximate surface area is 101 Å². The van der Waals surface area contributed by atoms with Crippen LogP contribution >= 0.6 is 47.8 Å². The Morgan fingerprint density at radius 3 is 1.92 bits per heavy atom. The lowest BCUT2D eigenvalue weighted by Crippen LogP contribution is -1.99. The van der Waals surface area contributed by atoms with Gasteiger partial charge < -0.3 is 0 Å². The van der Waals surface area contributed by atoms with E-state index in [1.165, 1.54) is 12.1 Å². The highest BCUT2D eigenvalue weighted by atomic mass is 79.9. The number of halogens is 3. The van der Waals surface area contributed by atoms with E-state index in [0.29, 0.717) is 13.4 Å². The molecular weight excluding hydrogens is 392 g/mol. The maximum Gasteiger partial charge on any atom is 0.295 e. The smallest absolute Gasteiger partial charge is 0.282 e. The lowest BCUT2D eigenvalue weighted by molar-refractivity contribution is 0.482. The van der Waals surface area contributed by atoms with Crippen molar-refractivity contribution >= 4 is 57.9 Å². The fraction of sp³-hybridized carbons (Fsp3) is 0. The summed E-state index contributed by atoms with van der Waals surface area (Å²) in [5.41, 5.74) is 0. The highest BCUT2D eigenvalue weighted by Gasteiger charge is 2.15. The summed E-state index contributed by atoms with van der Waals surface area (Å²) in [6, 6.07) is 2.84. The van der Waals surface area contributed by atoms with Crippen molar-refractivity contribution in [2.45, 2.75) is 4.90 Å². The molecule has 1 aromatic rings. The topological polar surface area (TPSA) is 54.4 Å². The summed E-state index contributed by atoms with van der Waals surface area (Å²) >= 11 is 9.35. The summed E-state index contributed by atoms with van der Waals surface area (Å²) in [6.45, 7) is 0. The zero-order chi connectivity index (χ0) is 10.2. The molecule has 0 radical (unpaired) electrons. The maximum atomic E-state index is 10.8. The van der Waals surface area contributed by atoms with Crippen LogP contribution in [0.3, 0.4) is 0 Å². The van der Waals surface area contributed by atoms with E-state index in [9.17, 15) is 8.42 Å². The molecule has 0 aromatic heterocycles. The quantitative estimate of drug-likeness (QED) is 0.587. The van der Waals surface area contributed by atoms with Gasteiger partial charge in [0.1, 0.15) is 4.90 Å². The first kappa shape index (κ1) is 11.6. The Kier molecular flexibility index (Phi) is 3.56. The normalized spacial score (nSPS) is 11.7. The lowest BCUT2D eigenvalue weighted by Gasteiger charge is -2.03. The summed E-state index contributed by atoms with van der Waals surface area (Å²) in [5, 5.41) is 0. The van der Waals surface area contributed by atoms with Crippen LogP contribution in [0.15, 0.2) is 30.4 Å². The van der Waals surface area contributed by atoms with Crippen LogP contribution < -0.4 is 0 Å². The minimum absolute atomic E-state index is 0.164. The molecule has 1 aromatic carbocycles. The summed E-state index contributed by atoms with van der Waals surface area (Å²) in [5.74, 6) is 0. The first-order valence-corrected chi connectivity index (χ1v) is 6.76. The Balaban J connectivity index is 3.50. The summed E-state index contributed by atoms with van der Waals surface area (Å²) in [4.78, 5) is -0.164. The van der Waals surface area contributed by atoms with Gasteiger partial charge in [0.2, 0.25) is 0 Å². The van der Waals surface area contributed by atoms with Gasteiger partial charge in [0, 0.05) is 13.4 Å². The van der Waals surface area contributed by atoms with Crippen LogP contribution in [0, 0.1) is 0 Å². The van der Waals surface area contributed by atoms with Crippen LogP contribution in [0.5, 0.6) is 0 Å². The molecule has 0 amide bonds. The van der Waals surface area contributed by atoms with Crippen LogP contribution in [-0.4, -0.2) is 13.0 Å². The van der Waals surface area contributed by atoms with Gasteiger partial charge in [-0.25, -0.2) is 0 Å². The van der Waals surface area contributed by atoms with E-state index in [-0.39, 0.29) is 4.90 Å². The molecule has 1 rings (SSSR count). The Morgan fingerprint density at radius 2 is 1.46 bits per heavy atom. The van der Waals surface area contributed by atoms with Crippen LogP contribution in [0.2, 0.25) is 0 Å². The van der Waals surface area contributed by atoms with Gasteiger partial charge in [-0.3, -0.25) is 4.55 Å². The molecule has 0 aliphatic heterocycles. The molecule has 0 heterocycles. The molecule has 0 aliphatic rings. The highest BCUT2D eigenvalue weighted by Crippen LogP contribution is 2.32. The van der Waals surface area contributed by atoms with Gasteiger partial charge in [0.25, 0.3) is 10.1 Å². The third-order valence-corrected chi connectivity index (χ3v) is 4.91. The molecule has 1 N–H and O–H groups in total. The van der Waals surface area contributed by atoms with Gasteiger partial charge in [-0.1, -0.05) is 0 Å². The molecule has 0 bridgehead atoms. The van der Waals surface area contributed by atoms with Crippen LogP contribution in [0.4, 0.5) is 0 Å². The molecule has 3 nitrogen and oxygen atoms in total. The number of benzene rings is 1. The largest absolute Gasteiger partial charge is 0.295 e. The second-order valence-corrected chi connectivity index (χ2v) is 6.12. The van der Waals surface area contributed by atoms with E-state index in [4.69, 9.17) is 4.55 Å². The molecule has 0 saturated heterocycles. The zero-order valence-electron chi connectivity index (χ0n) is 5.96. The molecule has 0 unspecified atom stereocenters. The first-order valence-electron chi connectivity index (χ1n) is 2.94. The first-order chi connectivity index (χ1) is 5.82. The Morgan fingerprint density at radius 1 is 1.00 bits per heavy atom. The van der Waals surface area contributed by atoms with E-state index < -0.39 is 10.1 Å². The van der Waals surface area contributed by atoms with Crippen LogP contribution in [-0.2, 0) is 10.1 Å². The zero-order valence-corrected chi connectivity index (χ0v) is 11.5. The minimum atomic E-state index is -4.17. The molecule has 13 heavy (non-hydrogen) atoms. The van der Waals surface area contributed by atoms with Crippen molar-refractivity contribution in [3.63, 3.8) is 0 Å². The Bertz CT molecular complexity index is 441. The second kappa shape index (κ2) is 3.98. The third kappa shape index (κ3) is 2.76. The van der Waals surface area contributed by atoms with Crippen molar-refractivity contribution in [3.05, 3.63) is 25.6 Å². The van der Waals surface area contributed by atoms with Crippen molar-refractivity contribution in [2.24, 2.45) is 0 Å². The SMILES string of the molecule is O=S(=O)(O)c1cc(Br)c(Br)cc1Br. The lowest BCUT2D eigenvalue weighted by atomic mass is 10.4. The van der Waals surface area contributed by atoms with Gasteiger partial charge in [-0.2, -0.15) is 8.42 Å². The number of rotatable bonds is 1. The molecule has 0 atom stereocenters. The van der Waals surface area contributed by atoms with Crippen molar-refractivity contribution in [1.82, 2.24) is 0 Å².